The number of aromatic nitrogens is 2. The van der Waals surface area contributed by atoms with Gasteiger partial charge in [-0.2, -0.15) is 0 Å². The molecular weight excluding hydrogens is 218 g/mol. The summed E-state index contributed by atoms with van der Waals surface area (Å²) in [4.78, 5) is 4.60. The summed E-state index contributed by atoms with van der Waals surface area (Å²) in [5, 5.41) is 4.55. The predicted molar refractivity (Wildman–Crippen MR) is 69.0 cm³/mol. The summed E-state index contributed by atoms with van der Waals surface area (Å²) in [6.07, 6.45) is 5.31. The molecular formula is C12H17N3S. The van der Waals surface area contributed by atoms with Gasteiger partial charge in [0.25, 0.3) is 0 Å². The van der Waals surface area contributed by atoms with E-state index in [0.717, 1.165) is 30.2 Å². The van der Waals surface area contributed by atoms with E-state index in [4.69, 9.17) is 0 Å². The van der Waals surface area contributed by atoms with Gasteiger partial charge in [0, 0.05) is 12.7 Å². The van der Waals surface area contributed by atoms with Gasteiger partial charge >= 0.3 is 0 Å². The highest BCUT2D eigenvalue weighted by Gasteiger charge is 2.09. The molecule has 4 heteroatoms. The van der Waals surface area contributed by atoms with Crippen molar-refractivity contribution in [1.82, 2.24) is 14.7 Å². The third kappa shape index (κ3) is 2.23. The summed E-state index contributed by atoms with van der Waals surface area (Å²) in [5.41, 5.74) is 2.29. The van der Waals surface area contributed by atoms with Crippen molar-refractivity contribution in [2.24, 2.45) is 0 Å². The highest BCUT2D eigenvalue weighted by atomic mass is 32.2. The number of thioether (sulfide) groups is 1. The van der Waals surface area contributed by atoms with Crippen LogP contribution >= 0.6 is 11.8 Å². The van der Waals surface area contributed by atoms with Crippen molar-refractivity contribution in [3.63, 3.8) is 0 Å². The number of nitrogens with one attached hydrogen (secondary N) is 1. The van der Waals surface area contributed by atoms with Crippen LogP contribution in [0.3, 0.4) is 0 Å². The molecule has 0 fully saturated rings. The minimum absolute atomic E-state index is 0.884. The van der Waals surface area contributed by atoms with Gasteiger partial charge in [0.2, 0.25) is 0 Å². The molecule has 0 spiro atoms. The van der Waals surface area contributed by atoms with Crippen LogP contribution in [0, 0.1) is 0 Å². The number of pyridine rings is 1. The minimum atomic E-state index is 0.884. The average Bonchev–Trinajstić information content (AvgIpc) is 2.68. The zero-order valence-electron chi connectivity index (χ0n) is 9.73. The maximum Gasteiger partial charge on any atom is 0.138 e. The lowest BCUT2D eigenvalue weighted by Crippen LogP contribution is -2.15. The molecule has 2 aromatic heterocycles. The third-order valence-electron chi connectivity index (χ3n) is 2.50. The van der Waals surface area contributed by atoms with Gasteiger partial charge in [0.15, 0.2) is 0 Å². The van der Waals surface area contributed by atoms with Crippen LogP contribution in [-0.2, 0) is 6.54 Å². The highest BCUT2D eigenvalue weighted by Crippen LogP contribution is 2.20. The van der Waals surface area contributed by atoms with E-state index in [1.165, 1.54) is 5.69 Å². The van der Waals surface area contributed by atoms with Crippen molar-refractivity contribution in [2.75, 3.05) is 12.8 Å². The van der Waals surface area contributed by atoms with Gasteiger partial charge < -0.3 is 9.72 Å². The molecule has 3 nitrogen and oxygen atoms in total. The Hall–Kier alpha value is -1.00. The van der Waals surface area contributed by atoms with Crippen molar-refractivity contribution in [2.45, 2.75) is 24.9 Å². The summed E-state index contributed by atoms with van der Waals surface area (Å²) in [6, 6.07) is 6.11. The summed E-state index contributed by atoms with van der Waals surface area (Å²) in [5.74, 6) is 0. The van der Waals surface area contributed by atoms with Crippen LogP contribution in [-0.4, -0.2) is 22.2 Å². The van der Waals surface area contributed by atoms with Crippen LogP contribution in [0.4, 0.5) is 0 Å². The van der Waals surface area contributed by atoms with Gasteiger partial charge in [-0.25, -0.2) is 4.98 Å². The Morgan fingerprint density at radius 2 is 2.31 bits per heavy atom. The normalized spacial score (nSPS) is 11.1. The van der Waals surface area contributed by atoms with Crippen LogP contribution in [0.1, 0.15) is 19.0 Å². The highest BCUT2D eigenvalue weighted by molar-refractivity contribution is 7.98. The zero-order valence-corrected chi connectivity index (χ0v) is 10.5. The van der Waals surface area contributed by atoms with E-state index in [2.05, 4.69) is 34.1 Å². The number of hydrogen-bond acceptors (Lipinski definition) is 3. The third-order valence-corrected chi connectivity index (χ3v) is 3.22. The molecule has 0 amide bonds. The van der Waals surface area contributed by atoms with Crippen LogP contribution < -0.4 is 5.32 Å². The first-order valence-corrected chi connectivity index (χ1v) is 6.80. The Balaban J connectivity index is 2.32. The van der Waals surface area contributed by atoms with E-state index in [0.29, 0.717) is 0 Å². The fourth-order valence-corrected chi connectivity index (χ4v) is 2.32. The molecule has 0 saturated heterocycles. The molecule has 1 N–H and O–H groups in total. The van der Waals surface area contributed by atoms with E-state index in [-0.39, 0.29) is 0 Å². The maximum absolute atomic E-state index is 4.60. The fourth-order valence-electron chi connectivity index (χ4n) is 1.73. The summed E-state index contributed by atoms with van der Waals surface area (Å²) in [7, 11) is 0. The lowest BCUT2D eigenvalue weighted by atomic mass is 10.4. The number of nitrogens with zero attached hydrogens (tertiary/aromatic N) is 2. The van der Waals surface area contributed by atoms with Gasteiger partial charge in [-0.1, -0.05) is 13.0 Å². The topological polar surface area (TPSA) is 29.3 Å². The molecule has 86 valence electrons. The minimum Gasteiger partial charge on any atom is -0.311 e. The number of imidazole rings is 1. The Bertz CT molecular complexity index is 464. The molecule has 2 aromatic rings. The van der Waals surface area contributed by atoms with E-state index in [1.54, 1.807) is 11.8 Å². The summed E-state index contributed by atoms with van der Waals surface area (Å²) >= 11 is 1.71. The summed E-state index contributed by atoms with van der Waals surface area (Å²) in [6.45, 7) is 4.11. The average molecular weight is 235 g/mol. The van der Waals surface area contributed by atoms with Crippen molar-refractivity contribution in [1.29, 1.82) is 0 Å². The Kier molecular flexibility index (Phi) is 3.85. The summed E-state index contributed by atoms with van der Waals surface area (Å²) < 4.78 is 2.16. The van der Waals surface area contributed by atoms with E-state index in [9.17, 15) is 0 Å². The number of fused-ring (bicyclic) bond motifs is 1. The van der Waals surface area contributed by atoms with E-state index < -0.39 is 0 Å². The standard InChI is InChI=1S/C12H17N3S/c1-3-7-13-9-10-12(16-2)14-11-6-4-5-8-15(10)11/h4-6,8,13H,3,7,9H2,1-2H3. The van der Waals surface area contributed by atoms with Crippen LogP contribution in [0.5, 0.6) is 0 Å². The lowest BCUT2D eigenvalue weighted by Gasteiger charge is -2.04. The molecule has 0 aromatic carbocycles. The van der Waals surface area contributed by atoms with Gasteiger partial charge in [0.05, 0.1) is 5.69 Å². The van der Waals surface area contributed by atoms with Crippen molar-refractivity contribution >= 4 is 17.4 Å². The van der Waals surface area contributed by atoms with Gasteiger partial charge in [-0.15, -0.1) is 11.8 Å². The first-order chi connectivity index (χ1) is 7.86. The second kappa shape index (κ2) is 5.37. The molecule has 0 aliphatic rings. The maximum atomic E-state index is 4.60. The second-order valence-corrected chi connectivity index (χ2v) is 4.47. The number of rotatable bonds is 5. The van der Waals surface area contributed by atoms with Crippen molar-refractivity contribution < 1.29 is 0 Å². The van der Waals surface area contributed by atoms with Crippen molar-refractivity contribution in [3.05, 3.63) is 30.1 Å². The molecule has 0 aliphatic heterocycles. The SMILES string of the molecule is CCCNCc1c(SC)nc2ccccn12. The van der Waals surface area contributed by atoms with Crippen LogP contribution in [0.25, 0.3) is 5.65 Å². The molecule has 0 aliphatic carbocycles. The Morgan fingerprint density at radius 3 is 3.06 bits per heavy atom. The molecule has 0 saturated carbocycles. The second-order valence-electron chi connectivity index (χ2n) is 3.67. The predicted octanol–water partition coefficient (Wildman–Crippen LogP) is 2.56. The lowest BCUT2D eigenvalue weighted by molar-refractivity contribution is 0.653. The zero-order chi connectivity index (χ0) is 11.4. The Morgan fingerprint density at radius 1 is 1.44 bits per heavy atom. The largest absolute Gasteiger partial charge is 0.311 e. The Labute approximate surface area is 100 Å². The molecule has 0 atom stereocenters. The van der Waals surface area contributed by atoms with Gasteiger partial charge in [0.1, 0.15) is 10.7 Å². The van der Waals surface area contributed by atoms with Gasteiger partial charge in [-0.05, 0) is 31.4 Å². The molecule has 0 radical (unpaired) electrons. The van der Waals surface area contributed by atoms with E-state index in [1.807, 2.05) is 18.2 Å². The monoisotopic (exact) mass is 235 g/mol. The molecule has 0 unspecified atom stereocenters. The molecule has 0 bridgehead atoms. The molecule has 16 heavy (non-hydrogen) atoms. The number of hydrogen-bond donors (Lipinski definition) is 1. The first-order valence-electron chi connectivity index (χ1n) is 5.57. The first kappa shape index (κ1) is 11.5. The smallest absolute Gasteiger partial charge is 0.138 e. The molecule has 2 rings (SSSR count). The molecule has 2 heterocycles. The van der Waals surface area contributed by atoms with Crippen molar-refractivity contribution in [3.8, 4) is 0 Å². The van der Waals surface area contributed by atoms with Gasteiger partial charge in [-0.3, -0.25) is 0 Å². The van der Waals surface area contributed by atoms with Crippen LogP contribution in [0.2, 0.25) is 0 Å². The quantitative estimate of drug-likeness (QED) is 0.638. The van der Waals surface area contributed by atoms with Crippen LogP contribution in [0.15, 0.2) is 29.4 Å². The van der Waals surface area contributed by atoms with E-state index >= 15 is 0 Å². The fraction of sp³-hybridized carbons (Fsp3) is 0.417.